The standard InChI is InChI=1S/C15H19F2NO5/c1-4-9(2)18(8-13(19)20)14(21)10-5-6-11(23-15(16)17)12(7-10)22-3/h5-7,9,15H,4,8H2,1-3H3,(H,19,20). The van der Waals surface area contributed by atoms with E-state index in [1.165, 1.54) is 30.2 Å². The van der Waals surface area contributed by atoms with E-state index in [0.29, 0.717) is 6.42 Å². The maximum atomic E-state index is 12.5. The normalized spacial score (nSPS) is 11.9. The minimum absolute atomic E-state index is 0.0319. The first-order valence-electron chi connectivity index (χ1n) is 6.95. The van der Waals surface area contributed by atoms with Gasteiger partial charge in [0.25, 0.3) is 5.91 Å². The van der Waals surface area contributed by atoms with Crippen LogP contribution < -0.4 is 9.47 Å². The second-order valence-electron chi connectivity index (χ2n) is 4.83. The Morgan fingerprint density at radius 1 is 1.30 bits per heavy atom. The lowest BCUT2D eigenvalue weighted by Gasteiger charge is -2.27. The number of aliphatic carboxylic acids is 1. The molecule has 0 bridgehead atoms. The number of carbonyl (C=O) groups excluding carboxylic acids is 1. The first-order valence-corrected chi connectivity index (χ1v) is 6.95. The zero-order valence-corrected chi connectivity index (χ0v) is 13.1. The van der Waals surface area contributed by atoms with E-state index in [4.69, 9.17) is 9.84 Å². The first kappa shape index (κ1) is 18.7. The average molecular weight is 331 g/mol. The Balaban J connectivity index is 3.11. The summed E-state index contributed by atoms with van der Waals surface area (Å²) in [6.07, 6.45) is 0.572. The molecule has 1 N–H and O–H groups in total. The number of carboxylic acid groups (broad SMARTS) is 1. The number of hydrogen-bond donors (Lipinski definition) is 1. The van der Waals surface area contributed by atoms with Crippen LogP contribution in [-0.2, 0) is 4.79 Å². The van der Waals surface area contributed by atoms with Gasteiger partial charge in [0, 0.05) is 11.6 Å². The van der Waals surface area contributed by atoms with E-state index in [-0.39, 0.29) is 23.1 Å². The average Bonchev–Trinajstić information content (AvgIpc) is 2.50. The van der Waals surface area contributed by atoms with Gasteiger partial charge in [0.2, 0.25) is 0 Å². The second-order valence-corrected chi connectivity index (χ2v) is 4.83. The molecular weight excluding hydrogens is 312 g/mol. The molecule has 0 aromatic heterocycles. The van der Waals surface area contributed by atoms with Gasteiger partial charge in [-0.05, 0) is 31.5 Å². The minimum atomic E-state index is -3.02. The summed E-state index contributed by atoms with van der Waals surface area (Å²) in [5.74, 6) is -1.89. The number of halogens is 2. The summed E-state index contributed by atoms with van der Waals surface area (Å²) in [6, 6.07) is 3.44. The van der Waals surface area contributed by atoms with Crippen LogP contribution in [0.2, 0.25) is 0 Å². The number of nitrogens with zero attached hydrogens (tertiary/aromatic N) is 1. The largest absolute Gasteiger partial charge is 0.493 e. The lowest BCUT2D eigenvalue weighted by Crippen LogP contribution is -2.41. The van der Waals surface area contributed by atoms with Crippen LogP contribution in [0.15, 0.2) is 18.2 Å². The summed E-state index contributed by atoms with van der Waals surface area (Å²) < 4.78 is 33.8. The molecule has 1 aromatic rings. The number of carboxylic acids is 1. The van der Waals surface area contributed by atoms with Crippen LogP contribution in [0.3, 0.4) is 0 Å². The third-order valence-electron chi connectivity index (χ3n) is 3.32. The van der Waals surface area contributed by atoms with Crippen LogP contribution in [0.25, 0.3) is 0 Å². The van der Waals surface area contributed by atoms with Crippen LogP contribution in [-0.4, -0.2) is 48.2 Å². The van der Waals surface area contributed by atoms with Crippen molar-refractivity contribution in [3.63, 3.8) is 0 Å². The first-order chi connectivity index (χ1) is 10.8. The van der Waals surface area contributed by atoms with E-state index >= 15 is 0 Å². The van der Waals surface area contributed by atoms with Crippen LogP contribution in [0.1, 0.15) is 30.6 Å². The molecule has 1 atom stereocenters. The summed E-state index contributed by atoms with van der Waals surface area (Å²) in [7, 11) is 1.26. The van der Waals surface area contributed by atoms with E-state index in [1.807, 2.05) is 6.92 Å². The van der Waals surface area contributed by atoms with Crippen molar-refractivity contribution in [3.8, 4) is 11.5 Å². The Morgan fingerprint density at radius 2 is 1.96 bits per heavy atom. The predicted octanol–water partition coefficient (Wildman–Crippen LogP) is 2.62. The van der Waals surface area contributed by atoms with Crippen molar-refractivity contribution in [1.29, 1.82) is 0 Å². The molecule has 1 unspecified atom stereocenters. The molecule has 0 fully saturated rings. The van der Waals surface area contributed by atoms with Gasteiger partial charge in [-0.25, -0.2) is 0 Å². The number of methoxy groups -OCH3 is 1. The van der Waals surface area contributed by atoms with Crippen molar-refractivity contribution in [2.45, 2.75) is 32.9 Å². The van der Waals surface area contributed by atoms with Gasteiger partial charge in [0.15, 0.2) is 11.5 Å². The fourth-order valence-electron chi connectivity index (χ4n) is 1.95. The topological polar surface area (TPSA) is 76.1 Å². The summed E-state index contributed by atoms with van der Waals surface area (Å²) in [6.45, 7) is 0.0826. The third-order valence-corrected chi connectivity index (χ3v) is 3.32. The van der Waals surface area contributed by atoms with Crippen molar-refractivity contribution in [2.75, 3.05) is 13.7 Å². The fourth-order valence-corrected chi connectivity index (χ4v) is 1.95. The van der Waals surface area contributed by atoms with E-state index in [1.54, 1.807) is 6.92 Å². The summed E-state index contributed by atoms with van der Waals surface area (Å²) in [4.78, 5) is 24.6. The molecule has 23 heavy (non-hydrogen) atoms. The van der Waals surface area contributed by atoms with Crippen LogP contribution in [0.4, 0.5) is 8.78 Å². The Hall–Kier alpha value is -2.38. The molecule has 0 radical (unpaired) electrons. The zero-order chi connectivity index (χ0) is 17.6. The van der Waals surface area contributed by atoms with Crippen molar-refractivity contribution < 1.29 is 33.0 Å². The highest BCUT2D eigenvalue weighted by molar-refractivity contribution is 5.96. The Kier molecular flexibility index (Phi) is 6.74. The SMILES string of the molecule is CCC(C)N(CC(=O)O)C(=O)c1ccc(OC(F)F)c(OC)c1. The van der Waals surface area contributed by atoms with Gasteiger partial charge in [0.1, 0.15) is 6.54 Å². The molecule has 0 aliphatic carbocycles. The van der Waals surface area contributed by atoms with E-state index in [0.717, 1.165) is 0 Å². The predicted molar refractivity (Wildman–Crippen MR) is 78.1 cm³/mol. The summed E-state index contributed by atoms with van der Waals surface area (Å²) in [5, 5.41) is 8.95. The lowest BCUT2D eigenvalue weighted by molar-refractivity contribution is -0.138. The molecule has 0 aliphatic rings. The molecule has 128 valence electrons. The Morgan fingerprint density at radius 3 is 2.43 bits per heavy atom. The molecular formula is C15H19F2NO5. The number of rotatable bonds is 8. The van der Waals surface area contributed by atoms with Crippen molar-refractivity contribution >= 4 is 11.9 Å². The number of amides is 1. The van der Waals surface area contributed by atoms with E-state index < -0.39 is 25.0 Å². The zero-order valence-electron chi connectivity index (χ0n) is 13.1. The molecule has 6 nitrogen and oxygen atoms in total. The van der Waals surface area contributed by atoms with Gasteiger partial charge in [-0.2, -0.15) is 8.78 Å². The number of hydrogen-bond acceptors (Lipinski definition) is 4. The van der Waals surface area contributed by atoms with Crippen LogP contribution >= 0.6 is 0 Å². The van der Waals surface area contributed by atoms with Gasteiger partial charge in [-0.15, -0.1) is 0 Å². The minimum Gasteiger partial charge on any atom is -0.493 e. The molecule has 0 heterocycles. The van der Waals surface area contributed by atoms with E-state index in [9.17, 15) is 18.4 Å². The van der Waals surface area contributed by atoms with Gasteiger partial charge < -0.3 is 19.5 Å². The second kappa shape index (κ2) is 8.30. The molecule has 1 rings (SSSR count). The smallest absolute Gasteiger partial charge is 0.387 e. The van der Waals surface area contributed by atoms with Gasteiger partial charge >= 0.3 is 12.6 Å². The maximum absolute atomic E-state index is 12.5. The number of alkyl halides is 2. The van der Waals surface area contributed by atoms with Crippen molar-refractivity contribution in [3.05, 3.63) is 23.8 Å². The summed E-state index contributed by atoms with van der Waals surface area (Å²) in [5.41, 5.74) is 0.130. The Bertz CT molecular complexity index is 565. The molecule has 0 saturated heterocycles. The number of benzene rings is 1. The van der Waals surface area contributed by atoms with Crippen LogP contribution in [0.5, 0.6) is 11.5 Å². The molecule has 8 heteroatoms. The van der Waals surface area contributed by atoms with Gasteiger partial charge in [-0.1, -0.05) is 6.92 Å². The highest BCUT2D eigenvalue weighted by Crippen LogP contribution is 2.30. The highest BCUT2D eigenvalue weighted by atomic mass is 19.3. The fraction of sp³-hybridized carbons (Fsp3) is 0.467. The van der Waals surface area contributed by atoms with Crippen molar-refractivity contribution in [1.82, 2.24) is 4.90 Å². The van der Waals surface area contributed by atoms with Crippen LogP contribution in [0, 0.1) is 0 Å². The highest BCUT2D eigenvalue weighted by Gasteiger charge is 2.24. The molecule has 0 aliphatic heterocycles. The maximum Gasteiger partial charge on any atom is 0.387 e. The van der Waals surface area contributed by atoms with E-state index in [2.05, 4.69) is 4.74 Å². The molecule has 0 spiro atoms. The number of ether oxygens (including phenoxy) is 2. The monoisotopic (exact) mass is 331 g/mol. The number of carbonyl (C=O) groups is 2. The molecule has 0 saturated carbocycles. The van der Waals surface area contributed by atoms with Crippen molar-refractivity contribution in [2.24, 2.45) is 0 Å². The molecule has 1 aromatic carbocycles. The van der Waals surface area contributed by atoms with Gasteiger partial charge in [0.05, 0.1) is 7.11 Å². The third kappa shape index (κ3) is 5.08. The lowest BCUT2D eigenvalue weighted by atomic mass is 10.1. The quantitative estimate of drug-likeness (QED) is 0.792. The van der Waals surface area contributed by atoms with Gasteiger partial charge in [-0.3, -0.25) is 9.59 Å². The summed E-state index contributed by atoms with van der Waals surface area (Å²) >= 11 is 0. The molecule has 1 amide bonds. The Labute approximate surface area is 132 Å².